The van der Waals surface area contributed by atoms with Gasteiger partial charge < -0.3 is 10.2 Å². The minimum Gasteiger partial charge on any atom is -0.479 e. The highest BCUT2D eigenvalue weighted by Gasteiger charge is 2.35. The third kappa shape index (κ3) is 2.86. The second-order valence-electron chi connectivity index (χ2n) is 5.24. The van der Waals surface area contributed by atoms with Gasteiger partial charge in [-0.05, 0) is 17.0 Å². The van der Waals surface area contributed by atoms with E-state index in [1.807, 2.05) is 24.3 Å². The van der Waals surface area contributed by atoms with Crippen LogP contribution >= 0.6 is 0 Å². The number of carboxylic acids is 1. The van der Waals surface area contributed by atoms with Crippen LogP contribution in [0.5, 0.6) is 0 Å². The van der Waals surface area contributed by atoms with Crippen molar-refractivity contribution in [3.63, 3.8) is 0 Å². The molecule has 0 saturated carbocycles. The molecule has 1 atom stereocenters. The third-order valence-corrected chi connectivity index (χ3v) is 3.21. The molecule has 1 unspecified atom stereocenters. The fourth-order valence-electron chi connectivity index (χ4n) is 1.77. The number of benzene rings is 1. The second-order valence-corrected chi connectivity index (χ2v) is 5.24. The van der Waals surface area contributed by atoms with Crippen molar-refractivity contribution in [1.29, 1.82) is 0 Å². The first-order valence-corrected chi connectivity index (χ1v) is 5.78. The monoisotopic (exact) mass is 236 g/mol. The molecule has 0 aliphatic rings. The topological polar surface area (TPSA) is 57.5 Å². The number of carbonyl (C=O) groups is 1. The van der Waals surface area contributed by atoms with Gasteiger partial charge in [0.2, 0.25) is 0 Å². The molecule has 2 N–H and O–H groups in total. The lowest BCUT2D eigenvalue weighted by Gasteiger charge is -2.29. The van der Waals surface area contributed by atoms with E-state index in [1.165, 1.54) is 0 Å². The van der Waals surface area contributed by atoms with Gasteiger partial charge in [-0.2, -0.15) is 0 Å². The molecule has 94 valence electrons. The molecule has 1 aromatic rings. The standard InChI is InChI=1S/C14H20O3/c1-9(2)10-6-5-7-11(8-10)14(3,4)12(15)13(16)17/h5-9,12,15H,1-4H3,(H,16,17). The second kappa shape index (κ2) is 4.88. The summed E-state index contributed by atoms with van der Waals surface area (Å²) in [5, 5.41) is 18.6. The molecule has 17 heavy (non-hydrogen) atoms. The zero-order valence-electron chi connectivity index (χ0n) is 10.8. The van der Waals surface area contributed by atoms with Gasteiger partial charge in [0.15, 0.2) is 6.10 Å². The van der Waals surface area contributed by atoms with Crippen LogP contribution in [0.25, 0.3) is 0 Å². The van der Waals surface area contributed by atoms with E-state index in [0.29, 0.717) is 5.92 Å². The van der Waals surface area contributed by atoms with Crippen LogP contribution in [-0.4, -0.2) is 22.3 Å². The minimum atomic E-state index is -1.40. The fourth-order valence-corrected chi connectivity index (χ4v) is 1.77. The van der Waals surface area contributed by atoms with Crippen LogP contribution in [0.15, 0.2) is 24.3 Å². The SMILES string of the molecule is CC(C)c1cccc(C(C)(C)C(O)C(=O)O)c1. The Kier molecular flexibility index (Phi) is 3.94. The van der Waals surface area contributed by atoms with E-state index in [4.69, 9.17) is 5.11 Å². The highest BCUT2D eigenvalue weighted by Crippen LogP contribution is 2.29. The molecule has 3 heteroatoms. The van der Waals surface area contributed by atoms with E-state index < -0.39 is 17.5 Å². The van der Waals surface area contributed by atoms with Gasteiger partial charge in [-0.3, -0.25) is 0 Å². The van der Waals surface area contributed by atoms with Crippen LogP contribution in [0.4, 0.5) is 0 Å². The van der Waals surface area contributed by atoms with Gasteiger partial charge in [0, 0.05) is 5.41 Å². The summed E-state index contributed by atoms with van der Waals surface area (Å²) in [5.41, 5.74) is 1.20. The number of aliphatic hydroxyl groups is 1. The number of rotatable bonds is 4. The van der Waals surface area contributed by atoms with Gasteiger partial charge in [0.1, 0.15) is 0 Å². The van der Waals surface area contributed by atoms with Crippen molar-refractivity contribution in [2.24, 2.45) is 0 Å². The lowest BCUT2D eigenvalue weighted by Crippen LogP contribution is -2.39. The van der Waals surface area contributed by atoms with Crippen LogP contribution in [0.3, 0.4) is 0 Å². The Bertz CT molecular complexity index is 408. The first-order chi connectivity index (χ1) is 7.76. The third-order valence-electron chi connectivity index (χ3n) is 3.21. The molecule has 0 aliphatic heterocycles. The van der Waals surface area contributed by atoms with Crippen LogP contribution in [0.2, 0.25) is 0 Å². The average Bonchev–Trinajstić information content (AvgIpc) is 2.28. The zero-order chi connectivity index (χ0) is 13.2. The number of carboxylic acid groups (broad SMARTS) is 1. The molecular weight excluding hydrogens is 216 g/mol. The van der Waals surface area contributed by atoms with Gasteiger partial charge in [-0.25, -0.2) is 4.79 Å². The first kappa shape index (κ1) is 13.7. The van der Waals surface area contributed by atoms with E-state index in [1.54, 1.807) is 13.8 Å². The molecule has 0 aromatic heterocycles. The van der Waals surface area contributed by atoms with Crippen molar-refractivity contribution in [2.75, 3.05) is 0 Å². The molecule has 0 aliphatic carbocycles. The maximum absolute atomic E-state index is 10.9. The van der Waals surface area contributed by atoms with Crippen LogP contribution in [-0.2, 0) is 10.2 Å². The first-order valence-electron chi connectivity index (χ1n) is 5.78. The number of hydrogen-bond donors (Lipinski definition) is 2. The molecule has 0 saturated heterocycles. The largest absolute Gasteiger partial charge is 0.479 e. The minimum absolute atomic E-state index is 0.382. The summed E-state index contributed by atoms with van der Waals surface area (Å²) >= 11 is 0. The molecular formula is C14H20O3. The number of hydrogen-bond acceptors (Lipinski definition) is 2. The van der Waals surface area contributed by atoms with E-state index in [-0.39, 0.29) is 0 Å². The Morgan fingerprint density at radius 1 is 1.29 bits per heavy atom. The summed E-state index contributed by atoms with van der Waals surface area (Å²) in [4.78, 5) is 10.9. The fraction of sp³-hybridized carbons (Fsp3) is 0.500. The van der Waals surface area contributed by atoms with Crippen LogP contribution in [0.1, 0.15) is 44.7 Å². The summed E-state index contributed by atoms with van der Waals surface area (Å²) in [6, 6.07) is 7.74. The zero-order valence-corrected chi connectivity index (χ0v) is 10.8. The van der Waals surface area contributed by atoms with Gasteiger partial charge in [-0.1, -0.05) is 52.0 Å². The predicted octanol–water partition coefficient (Wildman–Crippen LogP) is 2.53. The molecule has 0 amide bonds. The number of aliphatic carboxylic acids is 1. The molecule has 0 radical (unpaired) electrons. The van der Waals surface area contributed by atoms with Crippen molar-refractivity contribution < 1.29 is 15.0 Å². The van der Waals surface area contributed by atoms with Gasteiger partial charge in [-0.15, -0.1) is 0 Å². The maximum Gasteiger partial charge on any atom is 0.333 e. The highest BCUT2D eigenvalue weighted by molar-refractivity contribution is 5.74. The Morgan fingerprint density at radius 3 is 2.35 bits per heavy atom. The Morgan fingerprint density at radius 2 is 1.88 bits per heavy atom. The average molecular weight is 236 g/mol. The van der Waals surface area contributed by atoms with E-state index in [2.05, 4.69) is 13.8 Å². The quantitative estimate of drug-likeness (QED) is 0.844. The van der Waals surface area contributed by atoms with Crippen molar-refractivity contribution in [1.82, 2.24) is 0 Å². The molecule has 1 aromatic carbocycles. The summed E-state index contributed by atoms with van der Waals surface area (Å²) in [6.45, 7) is 7.65. The van der Waals surface area contributed by atoms with Gasteiger partial charge in [0.05, 0.1) is 0 Å². The summed E-state index contributed by atoms with van der Waals surface area (Å²) in [6.07, 6.45) is -1.40. The predicted molar refractivity (Wildman–Crippen MR) is 67.2 cm³/mol. The van der Waals surface area contributed by atoms with Crippen molar-refractivity contribution in [3.8, 4) is 0 Å². The molecule has 3 nitrogen and oxygen atoms in total. The van der Waals surface area contributed by atoms with Gasteiger partial charge >= 0.3 is 5.97 Å². The molecule has 0 bridgehead atoms. The Hall–Kier alpha value is -1.35. The smallest absolute Gasteiger partial charge is 0.333 e. The lowest BCUT2D eigenvalue weighted by atomic mass is 9.78. The summed E-state index contributed by atoms with van der Waals surface area (Å²) < 4.78 is 0. The molecule has 0 heterocycles. The summed E-state index contributed by atoms with van der Waals surface area (Å²) in [5.74, 6) is -0.808. The van der Waals surface area contributed by atoms with Gasteiger partial charge in [0.25, 0.3) is 0 Å². The Balaban J connectivity index is 3.14. The molecule has 0 fully saturated rings. The van der Waals surface area contributed by atoms with E-state index in [0.717, 1.165) is 11.1 Å². The van der Waals surface area contributed by atoms with Crippen molar-refractivity contribution >= 4 is 5.97 Å². The maximum atomic E-state index is 10.9. The number of aliphatic hydroxyl groups excluding tert-OH is 1. The van der Waals surface area contributed by atoms with Crippen LogP contribution in [0, 0.1) is 0 Å². The van der Waals surface area contributed by atoms with E-state index in [9.17, 15) is 9.90 Å². The van der Waals surface area contributed by atoms with Crippen LogP contribution < -0.4 is 0 Å². The molecule has 1 rings (SSSR count). The molecule has 0 spiro atoms. The highest BCUT2D eigenvalue weighted by atomic mass is 16.4. The lowest BCUT2D eigenvalue weighted by molar-refractivity contribution is -0.150. The Labute approximate surface area is 102 Å². The van der Waals surface area contributed by atoms with Crippen molar-refractivity contribution in [2.45, 2.75) is 45.1 Å². The van der Waals surface area contributed by atoms with E-state index >= 15 is 0 Å². The van der Waals surface area contributed by atoms with Crippen molar-refractivity contribution in [3.05, 3.63) is 35.4 Å². The summed E-state index contributed by atoms with van der Waals surface area (Å²) in [7, 11) is 0. The normalized spacial score (nSPS) is 13.8.